The molecule has 0 radical (unpaired) electrons. The summed E-state index contributed by atoms with van der Waals surface area (Å²) in [7, 11) is 1.46. The summed E-state index contributed by atoms with van der Waals surface area (Å²) < 4.78 is 33.0. The number of hydrogen-bond donors (Lipinski definition) is 1. The maximum atomic E-state index is 14.0. The second-order valence-corrected chi connectivity index (χ2v) is 4.80. The van der Waals surface area contributed by atoms with Gasteiger partial charge in [0.25, 0.3) is 0 Å². The van der Waals surface area contributed by atoms with Gasteiger partial charge in [-0.3, -0.25) is 0 Å². The van der Waals surface area contributed by atoms with Crippen molar-refractivity contribution in [1.82, 2.24) is 10.2 Å². The molecule has 7 heteroatoms. The third-order valence-corrected chi connectivity index (χ3v) is 3.54. The molecule has 1 aromatic rings. The van der Waals surface area contributed by atoms with Gasteiger partial charge in [0.2, 0.25) is 0 Å². The van der Waals surface area contributed by atoms with E-state index in [9.17, 15) is 18.4 Å². The number of allylic oxidation sites excluding steroid dienone is 1. The number of rotatable bonds is 3. The fourth-order valence-corrected chi connectivity index (χ4v) is 2.31. The molecule has 1 atom stereocenters. The van der Waals surface area contributed by atoms with E-state index >= 15 is 0 Å². The van der Waals surface area contributed by atoms with Crippen molar-refractivity contribution in [3.63, 3.8) is 0 Å². The molecular formula is C15H16F2N2O3. The van der Waals surface area contributed by atoms with Crippen molar-refractivity contribution in [1.29, 1.82) is 0 Å². The first-order valence-electron chi connectivity index (χ1n) is 6.74. The Bertz CT molecular complexity index is 638. The van der Waals surface area contributed by atoms with Gasteiger partial charge in [-0.25, -0.2) is 18.4 Å². The van der Waals surface area contributed by atoms with Crippen LogP contribution in [0.25, 0.3) is 0 Å². The highest BCUT2D eigenvalue weighted by molar-refractivity contribution is 5.95. The Morgan fingerprint density at radius 3 is 2.50 bits per heavy atom. The number of halogens is 2. The van der Waals surface area contributed by atoms with Crippen LogP contribution in [-0.2, 0) is 9.53 Å². The number of benzene rings is 1. The predicted molar refractivity (Wildman–Crippen MR) is 74.7 cm³/mol. The molecule has 2 amide bonds. The molecule has 2 rings (SSSR count). The van der Waals surface area contributed by atoms with E-state index in [0.717, 1.165) is 12.1 Å². The van der Waals surface area contributed by atoms with E-state index in [-0.39, 0.29) is 23.4 Å². The third-order valence-electron chi connectivity index (χ3n) is 3.54. The standard InChI is InChI=1S/C15H16F2N2O3/c1-4-22-14(20)11-8(2)19(3)15(21)18-13(11)12-9(16)6-5-7-10(12)17/h5-7,13H,4H2,1-3H3,(H,18,21)/t13-/m1/s1. The summed E-state index contributed by atoms with van der Waals surface area (Å²) in [5.74, 6) is -2.41. The molecule has 0 bridgehead atoms. The quantitative estimate of drug-likeness (QED) is 0.873. The molecule has 0 aliphatic carbocycles. The van der Waals surface area contributed by atoms with Crippen LogP contribution in [0.1, 0.15) is 25.5 Å². The van der Waals surface area contributed by atoms with Gasteiger partial charge in [-0.05, 0) is 26.0 Å². The smallest absolute Gasteiger partial charge is 0.338 e. The van der Waals surface area contributed by atoms with Crippen molar-refractivity contribution < 1.29 is 23.1 Å². The number of nitrogens with one attached hydrogen (secondary N) is 1. The van der Waals surface area contributed by atoms with Crippen molar-refractivity contribution >= 4 is 12.0 Å². The summed E-state index contributed by atoms with van der Waals surface area (Å²) >= 11 is 0. The maximum absolute atomic E-state index is 14.0. The van der Waals surface area contributed by atoms with E-state index < -0.39 is 29.7 Å². The lowest BCUT2D eigenvalue weighted by Gasteiger charge is -2.33. The van der Waals surface area contributed by atoms with Gasteiger partial charge in [0.1, 0.15) is 11.6 Å². The monoisotopic (exact) mass is 310 g/mol. The van der Waals surface area contributed by atoms with Crippen LogP contribution in [0.2, 0.25) is 0 Å². The summed E-state index contributed by atoms with van der Waals surface area (Å²) in [6.45, 7) is 3.26. The molecule has 0 saturated heterocycles. The van der Waals surface area contributed by atoms with Crippen molar-refractivity contribution in [2.75, 3.05) is 13.7 Å². The van der Waals surface area contributed by atoms with Crippen LogP contribution in [0, 0.1) is 11.6 Å². The van der Waals surface area contributed by atoms with Crippen LogP contribution in [0.3, 0.4) is 0 Å². The van der Waals surface area contributed by atoms with Gasteiger partial charge in [0.05, 0.1) is 23.8 Å². The SMILES string of the molecule is CCOC(=O)C1=C(C)N(C)C(=O)N[C@H]1c1c(F)cccc1F. The highest BCUT2D eigenvalue weighted by atomic mass is 19.1. The first-order chi connectivity index (χ1) is 10.4. The van der Waals surface area contributed by atoms with Crippen LogP contribution >= 0.6 is 0 Å². The van der Waals surface area contributed by atoms with E-state index in [0.29, 0.717) is 0 Å². The molecule has 118 valence electrons. The first-order valence-corrected chi connectivity index (χ1v) is 6.74. The predicted octanol–water partition coefficient (Wildman–Crippen LogP) is 2.50. The Kier molecular flexibility index (Phi) is 4.44. The molecule has 0 unspecified atom stereocenters. The zero-order chi connectivity index (χ0) is 16.4. The van der Waals surface area contributed by atoms with Gasteiger partial charge in [-0.15, -0.1) is 0 Å². The van der Waals surface area contributed by atoms with Crippen LogP contribution in [0.4, 0.5) is 13.6 Å². The summed E-state index contributed by atoms with van der Waals surface area (Å²) in [5, 5.41) is 2.43. The van der Waals surface area contributed by atoms with Gasteiger partial charge in [0, 0.05) is 12.7 Å². The largest absolute Gasteiger partial charge is 0.463 e. The average molecular weight is 310 g/mol. The molecule has 1 aliphatic rings. The maximum Gasteiger partial charge on any atom is 0.338 e. The lowest BCUT2D eigenvalue weighted by atomic mass is 9.94. The fraction of sp³-hybridized carbons (Fsp3) is 0.333. The topological polar surface area (TPSA) is 58.6 Å². The molecule has 0 spiro atoms. The summed E-state index contributed by atoms with van der Waals surface area (Å²) in [6, 6.07) is 1.57. The number of urea groups is 1. The van der Waals surface area contributed by atoms with Gasteiger partial charge < -0.3 is 15.0 Å². The Hall–Kier alpha value is -2.44. The number of hydrogen-bond acceptors (Lipinski definition) is 3. The zero-order valence-corrected chi connectivity index (χ0v) is 12.4. The minimum Gasteiger partial charge on any atom is -0.463 e. The van der Waals surface area contributed by atoms with Crippen molar-refractivity contribution in [2.45, 2.75) is 19.9 Å². The molecular weight excluding hydrogens is 294 g/mol. The van der Waals surface area contributed by atoms with Crippen LogP contribution in [0.15, 0.2) is 29.5 Å². The highest BCUT2D eigenvalue weighted by Crippen LogP contribution is 2.33. The van der Waals surface area contributed by atoms with E-state index in [1.165, 1.54) is 24.9 Å². The van der Waals surface area contributed by atoms with Gasteiger partial charge in [-0.1, -0.05) is 6.07 Å². The average Bonchev–Trinajstić information content (AvgIpc) is 2.45. The lowest BCUT2D eigenvalue weighted by Crippen LogP contribution is -2.46. The normalized spacial score (nSPS) is 18.3. The van der Waals surface area contributed by atoms with Gasteiger partial charge >= 0.3 is 12.0 Å². The van der Waals surface area contributed by atoms with Crippen LogP contribution in [-0.4, -0.2) is 30.6 Å². The second-order valence-electron chi connectivity index (χ2n) is 4.80. The van der Waals surface area contributed by atoms with E-state index in [2.05, 4.69) is 5.32 Å². The number of nitrogens with zero attached hydrogens (tertiary/aromatic N) is 1. The Labute approximate surface area is 126 Å². The molecule has 1 aliphatic heterocycles. The van der Waals surface area contributed by atoms with E-state index in [4.69, 9.17) is 4.74 Å². The minimum absolute atomic E-state index is 0.00736. The van der Waals surface area contributed by atoms with Crippen molar-refractivity contribution in [3.8, 4) is 0 Å². The van der Waals surface area contributed by atoms with Crippen LogP contribution < -0.4 is 5.32 Å². The Morgan fingerprint density at radius 2 is 1.95 bits per heavy atom. The number of ether oxygens (including phenoxy) is 1. The minimum atomic E-state index is -1.23. The second kappa shape index (κ2) is 6.13. The molecule has 0 aromatic heterocycles. The highest BCUT2D eigenvalue weighted by Gasteiger charge is 2.37. The number of esters is 1. The molecule has 1 aromatic carbocycles. The molecule has 0 saturated carbocycles. The first kappa shape index (κ1) is 15.9. The van der Waals surface area contributed by atoms with Gasteiger partial charge in [0.15, 0.2) is 0 Å². The molecule has 1 N–H and O–H groups in total. The Morgan fingerprint density at radius 1 is 1.36 bits per heavy atom. The zero-order valence-electron chi connectivity index (χ0n) is 12.4. The lowest BCUT2D eigenvalue weighted by molar-refractivity contribution is -0.139. The van der Waals surface area contributed by atoms with E-state index in [1.807, 2.05) is 0 Å². The van der Waals surface area contributed by atoms with E-state index in [1.54, 1.807) is 6.92 Å². The van der Waals surface area contributed by atoms with Crippen molar-refractivity contribution in [3.05, 3.63) is 46.7 Å². The molecule has 0 fully saturated rings. The third kappa shape index (κ3) is 2.66. The molecule has 1 heterocycles. The number of carbonyl (C=O) groups excluding carboxylic acids is 2. The summed E-state index contributed by atoms with van der Waals surface area (Å²) in [5.41, 5.74) is -0.0887. The summed E-state index contributed by atoms with van der Waals surface area (Å²) in [6.07, 6.45) is 0. The van der Waals surface area contributed by atoms with Crippen LogP contribution in [0.5, 0.6) is 0 Å². The Balaban J connectivity index is 2.61. The molecule has 5 nitrogen and oxygen atoms in total. The van der Waals surface area contributed by atoms with Gasteiger partial charge in [-0.2, -0.15) is 0 Å². The molecule has 22 heavy (non-hydrogen) atoms. The summed E-state index contributed by atoms with van der Waals surface area (Å²) in [4.78, 5) is 25.3. The fourth-order valence-electron chi connectivity index (χ4n) is 2.31. The van der Waals surface area contributed by atoms with Crippen molar-refractivity contribution in [2.24, 2.45) is 0 Å². The number of amides is 2. The number of carbonyl (C=O) groups is 2.